The molecule has 4 unspecified atom stereocenters. The lowest BCUT2D eigenvalue weighted by molar-refractivity contribution is 0.205. The Morgan fingerprint density at radius 3 is 3.00 bits per heavy atom. The zero-order valence-electron chi connectivity index (χ0n) is 9.78. The molecule has 3 heteroatoms. The molecule has 2 fully saturated rings. The second-order valence-corrected chi connectivity index (χ2v) is 5.18. The van der Waals surface area contributed by atoms with Crippen molar-refractivity contribution in [2.75, 3.05) is 26.2 Å². The van der Waals surface area contributed by atoms with E-state index in [-0.39, 0.29) is 0 Å². The fourth-order valence-corrected chi connectivity index (χ4v) is 3.02. The molecule has 88 valence electrons. The first-order valence-electron chi connectivity index (χ1n) is 6.39. The van der Waals surface area contributed by atoms with E-state index < -0.39 is 0 Å². The van der Waals surface area contributed by atoms with Gasteiger partial charge < -0.3 is 15.3 Å². The van der Waals surface area contributed by atoms with Crippen molar-refractivity contribution < 1.29 is 5.11 Å². The number of fused-ring (bicyclic) bond motifs is 2. The van der Waals surface area contributed by atoms with Crippen LogP contribution in [0.1, 0.15) is 32.6 Å². The van der Waals surface area contributed by atoms with E-state index in [1.807, 2.05) is 0 Å². The van der Waals surface area contributed by atoms with Crippen LogP contribution in [0.25, 0.3) is 0 Å². The summed E-state index contributed by atoms with van der Waals surface area (Å²) in [6, 6.07) is 1.30. The normalized spacial score (nSPS) is 36.8. The predicted octanol–water partition coefficient (Wildman–Crippen LogP) is 0.831. The third-order valence-corrected chi connectivity index (χ3v) is 3.93. The lowest BCUT2D eigenvalue weighted by Gasteiger charge is -2.33. The second-order valence-electron chi connectivity index (χ2n) is 5.18. The summed E-state index contributed by atoms with van der Waals surface area (Å²) in [6.07, 6.45) is 4.72. The van der Waals surface area contributed by atoms with Gasteiger partial charge in [0.2, 0.25) is 0 Å². The smallest absolute Gasteiger partial charge is 0.0431 e. The molecule has 0 aliphatic carbocycles. The Kier molecular flexibility index (Phi) is 4.00. The molecule has 0 aromatic carbocycles. The summed E-state index contributed by atoms with van der Waals surface area (Å²) in [5, 5.41) is 12.5. The summed E-state index contributed by atoms with van der Waals surface area (Å²) >= 11 is 0. The Morgan fingerprint density at radius 1 is 1.40 bits per heavy atom. The van der Waals surface area contributed by atoms with Gasteiger partial charge in [0.05, 0.1) is 0 Å². The average Bonchev–Trinajstić information content (AvgIpc) is 2.63. The number of rotatable bonds is 5. The van der Waals surface area contributed by atoms with Crippen LogP contribution in [0, 0.1) is 5.92 Å². The number of aliphatic hydroxyl groups excluding tert-OH is 1. The maximum Gasteiger partial charge on any atom is 0.0431 e. The van der Waals surface area contributed by atoms with Crippen LogP contribution >= 0.6 is 0 Å². The molecule has 0 aromatic rings. The second kappa shape index (κ2) is 5.28. The van der Waals surface area contributed by atoms with Gasteiger partial charge >= 0.3 is 0 Å². The molecule has 0 saturated carbocycles. The van der Waals surface area contributed by atoms with Crippen LogP contribution in [-0.2, 0) is 0 Å². The molecular weight excluding hydrogens is 188 g/mol. The standard InChI is InChI=1S/C12H24N2O/c1-10(3-2-8-15)13-12-5-7-14-6-4-11(12)9-14/h10-13,15H,2-9H2,1H3. The number of aliphatic hydroxyl groups is 1. The highest BCUT2D eigenvalue weighted by molar-refractivity contribution is 4.91. The SMILES string of the molecule is CC(CCCO)NC1CCN2CCC1C2. The van der Waals surface area contributed by atoms with E-state index in [0.717, 1.165) is 24.8 Å². The minimum atomic E-state index is 0.327. The Balaban J connectivity index is 1.73. The zero-order chi connectivity index (χ0) is 10.7. The number of hydrogen-bond acceptors (Lipinski definition) is 3. The summed E-state index contributed by atoms with van der Waals surface area (Å²) in [4.78, 5) is 2.58. The van der Waals surface area contributed by atoms with Crippen molar-refractivity contribution in [2.24, 2.45) is 5.92 Å². The molecule has 0 aromatic heterocycles. The minimum Gasteiger partial charge on any atom is -0.396 e. The van der Waals surface area contributed by atoms with Gasteiger partial charge in [-0.1, -0.05) is 0 Å². The summed E-state index contributed by atoms with van der Waals surface area (Å²) < 4.78 is 0. The maximum absolute atomic E-state index is 8.79. The highest BCUT2D eigenvalue weighted by Gasteiger charge is 2.34. The fourth-order valence-electron chi connectivity index (χ4n) is 3.02. The van der Waals surface area contributed by atoms with E-state index >= 15 is 0 Å². The summed E-state index contributed by atoms with van der Waals surface area (Å²) in [7, 11) is 0. The highest BCUT2D eigenvalue weighted by Crippen LogP contribution is 2.27. The van der Waals surface area contributed by atoms with Crippen LogP contribution in [0.15, 0.2) is 0 Å². The van der Waals surface area contributed by atoms with Crippen molar-refractivity contribution in [3.8, 4) is 0 Å². The van der Waals surface area contributed by atoms with Gasteiger partial charge in [0.25, 0.3) is 0 Å². The van der Waals surface area contributed by atoms with E-state index in [2.05, 4.69) is 17.1 Å². The highest BCUT2D eigenvalue weighted by atomic mass is 16.2. The third-order valence-electron chi connectivity index (χ3n) is 3.93. The summed E-state index contributed by atoms with van der Waals surface area (Å²) in [5.41, 5.74) is 0. The predicted molar refractivity (Wildman–Crippen MR) is 61.9 cm³/mol. The number of hydrogen-bond donors (Lipinski definition) is 2. The van der Waals surface area contributed by atoms with Crippen LogP contribution in [0.4, 0.5) is 0 Å². The van der Waals surface area contributed by atoms with Gasteiger partial charge in [-0.3, -0.25) is 0 Å². The monoisotopic (exact) mass is 212 g/mol. The van der Waals surface area contributed by atoms with E-state index in [1.165, 1.54) is 32.5 Å². The minimum absolute atomic E-state index is 0.327. The summed E-state index contributed by atoms with van der Waals surface area (Å²) in [5.74, 6) is 0.885. The first kappa shape index (κ1) is 11.4. The van der Waals surface area contributed by atoms with Crippen molar-refractivity contribution in [3.63, 3.8) is 0 Å². The van der Waals surface area contributed by atoms with Gasteiger partial charge in [-0.2, -0.15) is 0 Å². The number of nitrogens with one attached hydrogen (secondary N) is 1. The first-order valence-corrected chi connectivity index (χ1v) is 6.39. The van der Waals surface area contributed by atoms with Crippen molar-refractivity contribution in [1.29, 1.82) is 0 Å². The molecule has 2 saturated heterocycles. The molecule has 3 nitrogen and oxygen atoms in total. The van der Waals surface area contributed by atoms with Gasteiger partial charge in [-0.15, -0.1) is 0 Å². The number of piperidine rings is 1. The molecule has 0 spiro atoms. The first-order chi connectivity index (χ1) is 7.29. The summed E-state index contributed by atoms with van der Waals surface area (Å²) in [6.45, 7) is 6.48. The van der Waals surface area contributed by atoms with Gasteiger partial charge in [0.15, 0.2) is 0 Å². The molecule has 2 aliphatic rings. The van der Waals surface area contributed by atoms with Gasteiger partial charge in [-0.25, -0.2) is 0 Å². The maximum atomic E-state index is 8.79. The topological polar surface area (TPSA) is 35.5 Å². The van der Waals surface area contributed by atoms with Crippen molar-refractivity contribution in [1.82, 2.24) is 10.2 Å². The van der Waals surface area contributed by atoms with E-state index in [9.17, 15) is 0 Å². The van der Waals surface area contributed by atoms with E-state index in [1.54, 1.807) is 0 Å². The number of nitrogens with zero attached hydrogens (tertiary/aromatic N) is 1. The zero-order valence-corrected chi connectivity index (χ0v) is 9.78. The lowest BCUT2D eigenvalue weighted by Crippen LogP contribution is -2.47. The molecule has 2 N–H and O–H groups in total. The van der Waals surface area contributed by atoms with Gasteiger partial charge in [0.1, 0.15) is 0 Å². The van der Waals surface area contributed by atoms with E-state index in [4.69, 9.17) is 5.11 Å². The molecule has 2 bridgehead atoms. The molecule has 2 heterocycles. The van der Waals surface area contributed by atoms with Gasteiger partial charge in [-0.05, 0) is 51.6 Å². The van der Waals surface area contributed by atoms with Crippen LogP contribution < -0.4 is 5.32 Å². The van der Waals surface area contributed by atoms with Crippen LogP contribution in [0.2, 0.25) is 0 Å². The Hall–Kier alpha value is -0.120. The molecule has 15 heavy (non-hydrogen) atoms. The molecule has 4 atom stereocenters. The quantitative estimate of drug-likeness (QED) is 0.708. The molecular formula is C12H24N2O. The Bertz CT molecular complexity index is 198. The van der Waals surface area contributed by atoms with Crippen LogP contribution in [0.3, 0.4) is 0 Å². The van der Waals surface area contributed by atoms with Crippen molar-refractivity contribution in [3.05, 3.63) is 0 Å². The Labute approximate surface area is 92.8 Å². The van der Waals surface area contributed by atoms with Crippen molar-refractivity contribution in [2.45, 2.75) is 44.7 Å². The molecule has 2 rings (SSSR count). The molecule has 0 amide bonds. The largest absolute Gasteiger partial charge is 0.396 e. The van der Waals surface area contributed by atoms with Gasteiger partial charge in [0, 0.05) is 25.2 Å². The third kappa shape index (κ3) is 2.92. The average molecular weight is 212 g/mol. The molecule has 2 aliphatic heterocycles. The fraction of sp³-hybridized carbons (Fsp3) is 1.00. The molecule has 0 radical (unpaired) electrons. The van der Waals surface area contributed by atoms with Crippen LogP contribution in [-0.4, -0.2) is 48.3 Å². The van der Waals surface area contributed by atoms with E-state index in [0.29, 0.717) is 12.6 Å². The Morgan fingerprint density at radius 2 is 2.20 bits per heavy atom. The van der Waals surface area contributed by atoms with Crippen molar-refractivity contribution >= 4 is 0 Å². The van der Waals surface area contributed by atoms with Crippen LogP contribution in [0.5, 0.6) is 0 Å². The lowest BCUT2D eigenvalue weighted by atomic mass is 9.93.